The molecule has 0 bridgehead atoms. The zero-order chi connectivity index (χ0) is 10.8. The first-order valence-electron chi connectivity index (χ1n) is 5.17. The van der Waals surface area contributed by atoms with Crippen LogP contribution in [-0.2, 0) is 0 Å². The maximum absolute atomic E-state index is 12.9. The molecule has 0 spiro atoms. The van der Waals surface area contributed by atoms with Crippen LogP contribution in [0.25, 0.3) is 10.9 Å². The van der Waals surface area contributed by atoms with E-state index in [9.17, 15) is 9.50 Å². The Labute approximate surface area is 87.7 Å². The number of fused-ring (bicyclic) bond motifs is 1. The number of aromatic nitrogens is 1. The summed E-state index contributed by atoms with van der Waals surface area (Å²) < 4.78 is 12.9. The predicted molar refractivity (Wildman–Crippen MR) is 58.1 cm³/mol. The third kappa shape index (κ3) is 2.02. The Morgan fingerprint density at radius 1 is 1.40 bits per heavy atom. The molecule has 0 saturated carbocycles. The van der Waals surface area contributed by atoms with Crippen molar-refractivity contribution in [1.29, 1.82) is 0 Å². The van der Waals surface area contributed by atoms with Crippen molar-refractivity contribution in [3.05, 3.63) is 35.8 Å². The lowest BCUT2D eigenvalue weighted by molar-refractivity contribution is 0.162. The van der Waals surface area contributed by atoms with E-state index in [-0.39, 0.29) is 5.82 Å². The molecule has 3 heteroatoms. The quantitative estimate of drug-likeness (QED) is 0.796. The van der Waals surface area contributed by atoms with Gasteiger partial charge in [0.2, 0.25) is 0 Å². The summed E-state index contributed by atoms with van der Waals surface area (Å²) in [4.78, 5) is 3.09. The van der Waals surface area contributed by atoms with Gasteiger partial charge >= 0.3 is 0 Å². The van der Waals surface area contributed by atoms with Gasteiger partial charge in [-0.2, -0.15) is 0 Å². The molecular formula is C12H14FNO. The first-order chi connectivity index (χ1) is 7.20. The van der Waals surface area contributed by atoms with Crippen molar-refractivity contribution in [2.24, 2.45) is 0 Å². The highest BCUT2D eigenvalue weighted by atomic mass is 19.1. The Morgan fingerprint density at radius 3 is 2.93 bits per heavy atom. The lowest BCUT2D eigenvalue weighted by Crippen LogP contribution is -1.95. The fraction of sp³-hybridized carbons (Fsp3) is 0.333. The molecule has 0 fully saturated rings. The molecule has 15 heavy (non-hydrogen) atoms. The van der Waals surface area contributed by atoms with E-state index >= 15 is 0 Å². The lowest BCUT2D eigenvalue weighted by Gasteiger charge is -2.05. The molecule has 0 radical (unpaired) electrons. The van der Waals surface area contributed by atoms with E-state index in [0.717, 1.165) is 29.4 Å². The van der Waals surface area contributed by atoms with Crippen LogP contribution in [0.3, 0.4) is 0 Å². The van der Waals surface area contributed by atoms with Crippen LogP contribution in [0.4, 0.5) is 4.39 Å². The van der Waals surface area contributed by atoms with Crippen molar-refractivity contribution in [2.75, 3.05) is 0 Å². The number of rotatable bonds is 3. The summed E-state index contributed by atoms with van der Waals surface area (Å²) in [5, 5.41) is 10.6. The van der Waals surface area contributed by atoms with Gasteiger partial charge in [0.25, 0.3) is 0 Å². The Kier molecular flexibility index (Phi) is 2.73. The van der Waals surface area contributed by atoms with Crippen molar-refractivity contribution in [2.45, 2.75) is 25.9 Å². The van der Waals surface area contributed by atoms with Crippen LogP contribution in [0.2, 0.25) is 0 Å². The minimum Gasteiger partial charge on any atom is -0.387 e. The third-order valence-corrected chi connectivity index (χ3v) is 2.52. The Balaban J connectivity index is 2.38. The maximum Gasteiger partial charge on any atom is 0.123 e. The Hall–Kier alpha value is -1.35. The molecule has 0 amide bonds. The summed E-state index contributed by atoms with van der Waals surface area (Å²) in [5.41, 5.74) is 1.62. The maximum atomic E-state index is 12.9. The standard InChI is InChI=1S/C12H14FNO/c1-2-3-12(15)11-7-8-6-9(13)4-5-10(8)14-11/h4-7,12,14-15H,2-3H2,1H3. The van der Waals surface area contributed by atoms with E-state index in [1.165, 1.54) is 12.1 Å². The SMILES string of the molecule is CCCC(O)c1cc2cc(F)ccc2[nH]1. The van der Waals surface area contributed by atoms with Crippen LogP contribution in [-0.4, -0.2) is 10.1 Å². The van der Waals surface area contributed by atoms with E-state index in [2.05, 4.69) is 4.98 Å². The van der Waals surface area contributed by atoms with Crippen LogP contribution in [0.15, 0.2) is 24.3 Å². The van der Waals surface area contributed by atoms with Crippen molar-refractivity contribution in [3.63, 3.8) is 0 Å². The molecule has 2 nitrogen and oxygen atoms in total. The molecule has 80 valence electrons. The van der Waals surface area contributed by atoms with Crippen molar-refractivity contribution < 1.29 is 9.50 Å². The second kappa shape index (κ2) is 4.03. The van der Waals surface area contributed by atoms with Crippen molar-refractivity contribution >= 4 is 10.9 Å². The summed E-state index contributed by atoms with van der Waals surface area (Å²) >= 11 is 0. The number of aliphatic hydroxyl groups is 1. The number of hydrogen-bond donors (Lipinski definition) is 2. The fourth-order valence-electron chi connectivity index (χ4n) is 1.73. The van der Waals surface area contributed by atoms with Crippen molar-refractivity contribution in [1.82, 2.24) is 4.98 Å². The van der Waals surface area contributed by atoms with Gasteiger partial charge in [-0.3, -0.25) is 0 Å². The second-order valence-corrected chi connectivity index (χ2v) is 3.76. The van der Waals surface area contributed by atoms with Gasteiger partial charge in [-0.1, -0.05) is 13.3 Å². The van der Waals surface area contributed by atoms with Gasteiger partial charge in [0.05, 0.1) is 6.10 Å². The highest BCUT2D eigenvalue weighted by molar-refractivity contribution is 5.80. The third-order valence-electron chi connectivity index (χ3n) is 2.52. The monoisotopic (exact) mass is 207 g/mol. The van der Waals surface area contributed by atoms with Gasteiger partial charge in [-0.05, 0) is 30.7 Å². The van der Waals surface area contributed by atoms with Crippen LogP contribution in [0.5, 0.6) is 0 Å². The molecule has 1 atom stereocenters. The average molecular weight is 207 g/mol. The van der Waals surface area contributed by atoms with Crippen molar-refractivity contribution in [3.8, 4) is 0 Å². The number of nitrogens with one attached hydrogen (secondary N) is 1. The highest BCUT2D eigenvalue weighted by Crippen LogP contribution is 2.23. The van der Waals surface area contributed by atoms with E-state index in [4.69, 9.17) is 0 Å². The van der Waals surface area contributed by atoms with E-state index in [0.29, 0.717) is 0 Å². The summed E-state index contributed by atoms with van der Waals surface area (Å²) in [6.45, 7) is 2.02. The Morgan fingerprint density at radius 2 is 2.20 bits per heavy atom. The summed E-state index contributed by atoms with van der Waals surface area (Å²) in [6.07, 6.45) is 1.16. The van der Waals surface area contributed by atoms with E-state index in [1.54, 1.807) is 12.1 Å². The Bertz CT molecular complexity index is 464. The average Bonchev–Trinajstić information content (AvgIpc) is 2.60. The number of aliphatic hydroxyl groups excluding tert-OH is 1. The van der Waals surface area contributed by atoms with Crippen LogP contribution in [0.1, 0.15) is 31.6 Å². The molecule has 1 heterocycles. The molecule has 0 saturated heterocycles. The number of hydrogen-bond acceptors (Lipinski definition) is 1. The number of halogens is 1. The fourth-order valence-corrected chi connectivity index (χ4v) is 1.73. The summed E-state index contributed by atoms with van der Waals surface area (Å²) in [7, 11) is 0. The summed E-state index contributed by atoms with van der Waals surface area (Å²) in [6, 6.07) is 6.37. The van der Waals surface area contributed by atoms with Gasteiger partial charge in [-0.25, -0.2) is 4.39 Å². The summed E-state index contributed by atoms with van der Waals surface area (Å²) in [5.74, 6) is -0.252. The smallest absolute Gasteiger partial charge is 0.123 e. The molecule has 1 aromatic carbocycles. The number of aromatic amines is 1. The van der Waals surface area contributed by atoms with Gasteiger partial charge in [0.15, 0.2) is 0 Å². The van der Waals surface area contributed by atoms with Crippen LogP contribution < -0.4 is 0 Å². The number of H-pyrrole nitrogens is 1. The first kappa shape index (κ1) is 10.2. The minimum atomic E-state index is -0.481. The molecule has 1 aromatic heterocycles. The molecule has 0 aliphatic carbocycles. The molecule has 2 aromatic rings. The molecule has 2 N–H and O–H groups in total. The second-order valence-electron chi connectivity index (χ2n) is 3.76. The van der Waals surface area contributed by atoms with E-state index < -0.39 is 6.10 Å². The minimum absolute atomic E-state index is 0.252. The van der Waals surface area contributed by atoms with Gasteiger partial charge in [0, 0.05) is 16.6 Å². The zero-order valence-electron chi connectivity index (χ0n) is 8.63. The number of benzene rings is 1. The molecule has 2 rings (SSSR count). The van der Waals surface area contributed by atoms with Gasteiger partial charge in [0.1, 0.15) is 5.82 Å². The molecular weight excluding hydrogens is 193 g/mol. The molecule has 1 unspecified atom stereocenters. The normalized spacial score (nSPS) is 13.3. The highest BCUT2D eigenvalue weighted by Gasteiger charge is 2.09. The van der Waals surface area contributed by atoms with Crippen LogP contribution in [0, 0.1) is 5.82 Å². The molecule has 0 aliphatic heterocycles. The van der Waals surface area contributed by atoms with Gasteiger partial charge in [-0.15, -0.1) is 0 Å². The van der Waals surface area contributed by atoms with E-state index in [1.807, 2.05) is 6.92 Å². The lowest BCUT2D eigenvalue weighted by atomic mass is 10.1. The largest absolute Gasteiger partial charge is 0.387 e. The predicted octanol–water partition coefficient (Wildman–Crippen LogP) is 3.14. The first-order valence-corrected chi connectivity index (χ1v) is 5.17. The topological polar surface area (TPSA) is 36.0 Å². The molecule has 0 aliphatic rings. The van der Waals surface area contributed by atoms with Crippen LogP contribution >= 0.6 is 0 Å². The zero-order valence-corrected chi connectivity index (χ0v) is 8.63. The van der Waals surface area contributed by atoms with Gasteiger partial charge < -0.3 is 10.1 Å².